The number of nitrogens with zero attached hydrogens (tertiary/aromatic N) is 2. The van der Waals surface area contributed by atoms with E-state index >= 15 is 0 Å². The number of hydrogen-bond acceptors (Lipinski definition) is 3. The van der Waals surface area contributed by atoms with Crippen molar-refractivity contribution in [2.45, 2.75) is 44.8 Å². The van der Waals surface area contributed by atoms with Crippen LogP contribution in [0.1, 0.15) is 38.3 Å². The summed E-state index contributed by atoms with van der Waals surface area (Å²) in [5.41, 5.74) is 7.52. The molecule has 1 aliphatic rings. The van der Waals surface area contributed by atoms with E-state index in [1.165, 1.54) is 6.42 Å². The van der Waals surface area contributed by atoms with Crippen LogP contribution in [0, 0.1) is 0 Å². The van der Waals surface area contributed by atoms with Crippen LogP contribution in [0.5, 0.6) is 0 Å². The van der Waals surface area contributed by atoms with Crippen LogP contribution in [0.3, 0.4) is 0 Å². The summed E-state index contributed by atoms with van der Waals surface area (Å²) in [7, 11) is 2.21. The van der Waals surface area contributed by atoms with Gasteiger partial charge in [0, 0.05) is 30.2 Å². The predicted molar refractivity (Wildman–Crippen MR) is 90.7 cm³/mol. The van der Waals surface area contributed by atoms with Gasteiger partial charge in [0.1, 0.15) is 0 Å². The molecule has 0 radical (unpaired) electrons. The summed E-state index contributed by atoms with van der Waals surface area (Å²) in [6, 6.07) is 8.91. The highest BCUT2D eigenvalue weighted by molar-refractivity contribution is 6.31. The monoisotopic (exact) mass is 309 g/mol. The van der Waals surface area contributed by atoms with Crippen LogP contribution >= 0.6 is 11.6 Å². The van der Waals surface area contributed by atoms with Crippen LogP contribution in [0.15, 0.2) is 24.3 Å². The highest BCUT2D eigenvalue weighted by Gasteiger charge is 2.32. The molecule has 1 fully saturated rings. The van der Waals surface area contributed by atoms with Crippen LogP contribution in [0.2, 0.25) is 5.02 Å². The molecule has 1 aromatic carbocycles. The Hall–Kier alpha value is -0.610. The summed E-state index contributed by atoms with van der Waals surface area (Å²) in [5.74, 6) is 0. The Bertz CT molecular complexity index is 449. The van der Waals surface area contributed by atoms with Crippen molar-refractivity contribution in [2.24, 2.45) is 5.73 Å². The Kier molecular flexibility index (Phi) is 6.06. The van der Waals surface area contributed by atoms with Crippen molar-refractivity contribution in [3.8, 4) is 0 Å². The summed E-state index contributed by atoms with van der Waals surface area (Å²) in [6.45, 7) is 7.70. The Morgan fingerprint density at radius 1 is 1.33 bits per heavy atom. The number of rotatable bonds is 4. The normalized spacial score (nSPS) is 24.5. The van der Waals surface area contributed by atoms with E-state index in [-0.39, 0.29) is 12.1 Å². The predicted octanol–water partition coefficient (Wildman–Crippen LogP) is 3.14. The maximum Gasteiger partial charge on any atom is 0.0514 e. The molecule has 1 aromatic rings. The van der Waals surface area contributed by atoms with Crippen LogP contribution in [-0.2, 0) is 0 Å². The topological polar surface area (TPSA) is 32.5 Å². The van der Waals surface area contributed by atoms with Gasteiger partial charge in [-0.3, -0.25) is 4.90 Å². The largest absolute Gasteiger partial charge is 0.326 e. The molecule has 0 aliphatic carbocycles. The van der Waals surface area contributed by atoms with Crippen molar-refractivity contribution in [1.29, 1.82) is 0 Å². The summed E-state index contributed by atoms with van der Waals surface area (Å²) < 4.78 is 0. The van der Waals surface area contributed by atoms with Gasteiger partial charge in [-0.2, -0.15) is 0 Å². The van der Waals surface area contributed by atoms with Gasteiger partial charge in [0.15, 0.2) is 0 Å². The molecule has 4 heteroatoms. The van der Waals surface area contributed by atoms with Crippen LogP contribution < -0.4 is 5.73 Å². The highest BCUT2D eigenvalue weighted by Crippen LogP contribution is 2.32. The number of benzene rings is 1. The molecule has 21 heavy (non-hydrogen) atoms. The van der Waals surface area contributed by atoms with E-state index in [4.69, 9.17) is 17.3 Å². The van der Waals surface area contributed by atoms with Gasteiger partial charge in [-0.1, -0.05) is 36.7 Å². The van der Waals surface area contributed by atoms with E-state index in [9.17, 15) is 0 Å². The number of hydrogen-bond donors (Lipinski definition) is 1. The molecular formula is C17H28ClN3. The molecule has 1 heterocycles. The van der Waals surface area contributed by atoms with E-state index in [1.807, 2.05) is 12.1 Å². The van der Waals surface area contributed by atoms with Gasteiger partial charge in [-0.15, -0.1) is 0 Å². The lowest BCUT2D eigenvalue weighted by Crippen LogP contribution is -2.47. The van der Waals surface area contributed by atoms with Crippen molar-refractivity contribution in [1.82, 2.24) is 9.80 Å². The number of likely N-dealkylation sites (N-methyl/N-ethyl adjacent to an activating group) is 1. The van der Waals surface area contributed by atoms with Gasteiger partial charge in [0.2, 0.25) is 0 Å². The Labute approximate surface area is 134 Å². The third-order valence-corrected chi connectivity index (χ3v) is 4.84. The van der Waals surface area contributed by atoms with Crippen LogP contribution in [-0.4, -0.2) is 48.6 Å². The fourth-order valence-electron chi connectivity index (χ4n) is 3.47. The number of halogens is 1. The van der Waals surface area contributed by atoms with E-state index < -0.39 is 0 Å². The maximum absolute atomic E-state index is 6.45. The summed E-state index contributed by atoms with van der Waals surface area (Å²) >= 11 is 6.45. The molecule has 0 amide bonds. The molecule has 3 unspecified atom stereocenters. The van der Waals surface area contributed by atoms with E-state index in [0.717, 1.165) is 36.6 Å². The molecule has 0 spiro atoms. The molecule has 118 valence electrons. The fourth-order valence-corrected chi connectivity index (χ4v) is 3.72. The zero-order valence-electron chi connectivity index (χ0n) is 13.4. The molecule has 0 aromatic heterocycles. The van der Waals surface area contributed by atoms with Gasteiger partial charge in [-0.25, -0.2) is 0 Å². The van der Waals surface area contributed by atoms with Crippen molar-refractivity contribution < 1.29 is 0 Å². The molecular weight excluding hydrogens is 282 g/mol. The lowest BCUT2D eigenvalue weighted by Gasteiger charge is -2.39. The average Bonchev–Trinajstić information content (AvgIpc) is 2.63. The van der Waals surface area contributed by atoms with Crippen molar-refractivity contribution in [3.63, 3.8) is 0 Å². The average molecular weight is 310 g/mol. The van der Waals surface area contributed by atoms with Crippen molar-refractivity contribution in [2.75, 3.05) is 26.7 Å². The summed E-state index contributed by atoms with van der Waals surface area (Å²) in [4.78, 5) is 5.01. The van der Waals surface area contributed by atoms with Crippen molar-refractivity contribution in [3.05, 3.63) is 34.9 Å². The first-order chi connectivity index (χ1) is 10.0. The fraction of sp³-hybridized carbons (Fsp3) is 0.647. The summed E-state index contributed by atoms with van der Waals surface area (Å²) in [6.07, 6.45) is 2.32. The van der Waals surface area contributed by atoms with Crippen LogP contribution in [0.4, 0.5) is 0 Å². The van der Waals surface area contributed by atoms with Gasteiger partial charge in [0.05, 0.1) is 6.04 Å². The molecule has 0 bridgehead atoms. The minimum absolute atomic E-state index is 0.0577. The van der Waals surface area contributed by atoms with Gasteiger partial charge in [0.25, 0.3) is 0 Å². The third kappa shape index (κ3) is 3.98. The zero-order chi connectivity index (χ0) is 15.4. The quantitative estimate of drug-likeness (QED) is 0.927. The summed E-state index contributed by atoms with van der Waals surface area (Å²) in [5, 5.41) is 0.826. The van der Waals surface area contributed by atoms with Gasteiger partial charge in [-0.05, 0) is 45.0 Å². The van der Waals surface area contributed by atoms with E-state index in [2.05, 4.69) is 42.8 Å². The smallest absolute Gasteiger partial charge is 0.0514 e. The van der Waals surface area contributed by atoms with Crippen LogP contribution in [0.25, 0.3) is 0 Å². The second kappa shape index (κ2) is 7.59. The van der Waals surface area contributed by atoms with Crippen molar-refractivity contribution >= 4 is 11.6 Å². The van der Waals surface area contributed by atoms with E-state index in [1.54, 1.807) is 0 Å². The Balaban J connectivity index is 2.34. The number of nitrogens with two attached hydrogens (primary N) is 1. The van der Waals surface area contributed by atoms with Gasteiger partial charge < -0.3 is 10.6 Å². The first-order valence-electron chi connectivity index (χ1n) is 7.98. The molecule has 2 N–H and O–H groups in total. The Morgan fingerprint density at radius 2 is 2.05 bits per heavy atom. The molecule has 3 atom stereocenters. The van der Waals surface area contributed by atoms with Gasteiger partial charge >= 0.3 is 0 Å². The molecule has 0 saturated carbocycles. The second-order valence-corrected chi connectivity index (χ2v) is 6.65. The first kappa shape index (κ1) is 16.8. The zero-order valence-corrected chi connectivity index (χ0v) is 14.2. The minimum Gasteiger partial charge on any atom is -0.326 e. The molecule has 1 aliphatic heterocycles. The SMILES string of the molecule is CCC1CN(C)CCCN1C(c1ccccc1Cl)C(C)N. The highest BCUT2D eigenvalue weighted by atomic mass is 35.5. The maximum atomic E-state index is 6.45. The standard InChI is InChI=1S/C17H28ClN3/c1-4-14-12-20(3)10-7-11-21(14)17(13(2)19)15-8-5-6-9-16(15)18/h5-6,8-9,13-14,17H,4,7,10-12,19H2,1-3H3. The molecule has 3 nitrogen and oxygen atoms in total. The Morgan fingerprint density at radius 3 is 2.67 bits per heavy atom. The third-order valence-electron chi connectivity index (χ3n) is 4.50. The molecule has 2 rings (SSSR count). The molecule has 1 saturated heterocycles. The second-order valence-electron chi connectivity index (χ2n) is 6.24. The lowest BCUT2D eigenvalue weighted by atomic mass is 9.96. The first-order valence-corrected chi connectivity index (χ1v) is 8.36. The van der Waals surface area contributed by atoms with E-state index in [0.29, 0.717) is 6.04 Å². The minimum atomic E-state index is 0.0577. The lowest BCUT2D eigenvalue weighted by molar-refractivity contribution is 0.113.